The summed E-state index contributed by atoms with van der Waals surface area (Å²) in [4.78, 5) is 11.7. The third-order valence-electron chi connectivity index (χ3n) is 2.60. The van der Waals surface area contributed by atoms with Crippen LogP contribution < -0.4 is 0 Å². The highest BCUT2D eigenvalue weighted by atomic mass is 19.3. The Kier molecular flexibility index (Phi) is 3.38. The van der Waals surface area contributed by atoms with Gasteiger partial charge in [-0.1, -0.05) is 30.3 Å². The topological polar surface area (TPSA) is 17.1 Å². The van der Waals surface area contributed by atoms with E-state index in [1.165, 1.54) is 18.2 Å². The number of hydrogen-bond donors (Lipinski definition) is 0. The minimum atomic E-state index is -3.79. The van der Waals surface area contributed by atoms with Crippen molar-refractivity contribution in [3.8, 4) is 0 Å². The lowest BCUT2D eigenvalue weighted by Gasteiger charge is -2.15. The number of alkyl halides is 2. The normalized spacial score (nSPS) is 11.4. The average molecular weight is 268 g/mol. The first-order chi connectivity index (χ1) is 8.93. The van der Waals surface area contributed by atoms with Gasteiger partial charge in [0.25, 0.3) is 0 Å². The van der Waals surface area contributed by atoms with Gasteiger partial charge in [-0.2, -0.15) is 8.78 Å². The average Bonchev–Trinajstić information content (AvgIpc) is 2.42. The number of halogens is 4. The molecule has 19 heavy (non-hydrogen) atoms. The van der Waals surface area contributed by atoms with Crippen LogP contribution in [0, 0.1) is 11.6 Å². The first-order valence-corrected chi connectivity index (χ1v) is 5.36. The molecule has 0 N–H and O–H groups in total. The van der Waals surface area contributed by atoms with Gasteiger partial charge in [0.2, 0.25) is 5.78 Å². The number of carbonyl (C=O) groups is 1. The molecule has 0 heterocycles. The van der Waals surface area contributed by atoms with Crippen LogP contribution in [0.25, 0.3) is 0 Å². The Morgan fingerprint density at radius 3 is 2.11 bits per heavy atom. The van der Waals surface area contributed by atoms with Crippen molar-refractivity contribution in [2.24, 2.45) is 0 Å². The van der Waals surface area contributed by atoms with E-state index in [2.05, 4.69) is 0 Å². The van der Waals surface area contributed by atoms with Crippen molar-refractivity contribution in [3.63, 3.8) is 0 Å². The second kappa shape index (κ2) is 4.84. The van der Waals surface area contributed by atoms with Gasteiger partial charge in [0.05, 0.1) is 0 Å². The van der Waals surface area contributed by atoms with Crippen LogP contribution in [0.5, 0.6) is 0 Å². The lowest BCUT2D eigenvalue weighted by atomic mass is 9.99. The van der Waals surface area contributed by atoms with Crippen molar-refractivity contribution in [1.82, 2.24) is 0 Å². The van der Waals surface area contributed by atoms with Gasteiger partial charge in [0.1, 0.15) is 0 Å². The predicted octanol–water partition coefficient (Wildman–Crippen LogP) is 3.94. The van der Waals surface area contributed by atoms with Crippen LogP contribution in [-0.4, -0.2) is 5.78 Å². The highest BCUT2D eigenvalue weighted by molar-refractivity contribution is 6.01. The maximum absolute atomic E-state index is 13.9. The van der Waals surface area contributed by atoms with Crippen LogP contribution in [0.4, 0.5) is 17.6 Å². The highest BCUT2D eigenvalue weighted by Gasteiger charge is 2.41. The first kappa shape index (κ1) is 13.3. The fourth-order valence-electron chi connectivity index (χ4n) is 1.60. The van der Waals surface area contributed by atoms with E-state index in [9.17, 15) is 22.4 Å². The monoisotopic (exact) mass is 268 g/mol. The quantitative estimate of drug-likeness (QED) is 0.608. The van der Waals surface area contributed by atoms with Crippen molar-refractivity contribution in [2.45, 2.75) is 5.92 Å². The zero-order chi connectivity index (χ0) is 14.0. The van der Waals surface area contributed by atoms with Crippen LogP contribution in [-0.2, 0) is 5.92 Å². The molecule has 0 saturated carbocycles. The molecule has 0 saturated heterocycles. The minimum Gasteiger partial charge on any atom is -0.287 e. The Balaban J connectivity index is 2.40. The summed E-state index contributed by atoms with van der Waals surface area (Å²) in [5.41, 5.74) is -1.07. The Hall–Kier alpha value is -2.17. The molecule has 0 bridgehead atoms. The predicted molar refractivity (Wildman–Crippen MR) is 61.0 cm³/mol. The summed E-state index contributed by atoms with van der Waals surface area (Å²) in [7, 11) is 0. The Morgan fingerprint density at radius 1 is 0.895 bits per heavy atom. The molecule has 0 aromatic heterocycles. The first-order valence-electron chi connectivity index (χ1n) is 5.36. The molecule has 0 fully saturated rings. The third kappa shape index (κ3) is 2.50. The molecule has 0 unspecified atom stereocenters. The SMILES string of the molecule is O=C(c1ccc(F)c(F)c1)C(F)(F)c1ccccc1. The number of Topliss-reactive ketones (excluding diaryl/α,β-unsaturated/α-hetero) is 1. The standard InChI is InChI=1S/C14H8F4O/c15-11-7-6-9(8-12(11)16)13(19)14(17,18)10-4-2-1-3-5-10/h1-8H. The van der Waals surface area contributed by atoms with Gasteiger partial charge >= 0.3 is 5.92 Å². The Labute approximate surface area is 106 Å². The van der Waals surface area contributed by atoms with Gasteiger partial charge in [-0.25, -0.2) is 8.78 Å². The highest BCUT2D eigenvalue weighted by Crippen LogP contribution is 2.32. The van der Waals surface area contributed by atoms with Gasteiger partial charge in [-0.15, -0.1) is 0 Å². The summed E-state index contributed by atoms with van der Waals surface area (Å²) in [6.45, 7) is 0. The summed E-state index contributed by atoms with van der Waals surface area (Å²) in [6, 6.07) is 8.39. The molecule has 0 amide bonds. The number of rotatable bonds is 3. The van der Waals surface area contributed by atoms with E-state index >= 15 is 0 Å². The van der Waals surface area contributed by atoms with Gasteiger partial charge in [-0.3, -0.25) is 4.79 Å². The maximum atomic E-state index is 13.9. The number of ketones is 1. The van der Waals surface area contributed by atoms with E-state index in [-0.39, 0.29) is 0 Å². The van der Waals surface area contributed by atoms with Crippen LogP contribution in [0.2, 0.25) is 0 Å². The van der Waals surface area contributed by atoms with Crippen molar-refractivity contribution >= 4 is 5.78 Å². The summed E-state index contributed by atoms with van der Waals surface area (Å²) in [5, 5.41) is 0. The van der Waals surface area contributed by atoms with E-state index in [0.29, 0.717) is 12.1 Å². The molecule has 0 aliphatic heterocycles. The van der Waals surface area contributed by atoms with Crippen LogP contribution >= 0.6 is 0 Å². The number of benzene rings is 2. The lowest BCUT2D eigenvalue weighted by molar-refractivity contribution is 0.00739. The molecule has 0 aliphatic carbocycles. The second-order valence-corrected chi connectivity index (χ2v) is 3.90. The van der Waals surface area contributed by atoms with Gasteiger partial charge in [-0.05, 0) is 18.2 Å². The largest absolute Gasteiger partial charge is 0.334 e. The molecule has 0 aliphatic rings. The molecule has 5 heteroatoms. The number of carbonyl (C=O) groups excluding carboxylic acids is 1. The minimum absolute atomic E-state index is 0.467. The Morgan fingerprint density at radius 2 is 1.53 bits per heavy atom. The van der Waals surface area contributed by atoms with Crippen molar-refractivity contribution < 1.29 is 22.4 Å². The smallest absolute Gasteiger partial charge is 0.287 e. The van der Waals surface area contributed by atoms with E-state index < -0.39 is 34.5 Å². The van der Waals surface area contributed by atoms with Gasteiger partial charge in [0.15, 0.2) is 11.6 Å². The molecule has 0 radical (unpaired) electrons. The molecule has 2 aromatic rings. The molecule has 0 spiro atoms. The molecular formula is C14H8F4O. The maximum Gasteiger partial charge on any atom is 0.334 e. The second-order valence-electron chi connectivity index (χ2n) is 3.90. The van der Waals surface area contributed by atoms with Crippen LogP contribution in [0.3, 0.4) is 0 Å². The summed E-state index contributed by atoms with van der Waals surface area (Å²) in [5.74, 6) is -7.89. The lowest BCUT2D eigenvalue weighted by Crippen LogP contribution is -2.26. The zero-order valence-corrected chi connectivity index (χ0v) is 9.54. The fraction of sp³-hybridized carbons (Fsp3) is 0.0714. The van der Waals surface area contributed by atoms with E-state index in [1.807, 2.05) is 0 Å². The van der Waals surface area contributed by atoms with Crippen molar-refractivity contribution in [3.05, 3.63) is 71.3 Å². The molecule has 1 nitrogen and oxygen atoms in total. The molecular weight excluding hydrogens is 260 g/mol. The van der Waals surface area contributed by atoms with Crippen LogP contribution in [0.1, 0.15) is 15.9 Å². The molecule has 98 valence electrons. The Bertz CT molecular complexity index is 608. The van der Waals surface area contributed by atoms with E-state index in [0.717, 1.165) is 18.2 Å². The van der Waals surface area contributed by atoms with Gasteiger partial charge in [0, 0.05) is 11.1 Å². The summed E-state index contributed by atoms with van der Waals surface area (Å²) >= 11 is 0. The van der Waals surface area contributed by atoms with Crippen molar-refractivity contribution in [1.29, 1.82) is 0 Å². The van der Waals surface area contributed by atoms with E-state index in [4.69, 9.17) is 0 Å². The number of hydrogen-bond acceptors (Lipinski definition) is 1. The molecule has 0 atom stereocenters. The zero-order valence-electron chi connectivity index (χ0n) is 9.54. The van der Waals surface area contributed by atoms with E-state index in [1.54, 1.807) is 0 Å². The summed E-state index contributed by atoms with van der Waals surface area (Å²) < 4.78 is 53.5. The fourth-order valence-corrected chi connectivity index (χ4v) is 1.60. The summed E-state index contributed by atoms with van der Waals surface area (Å²) in [6.07, 6.45) is 0. The van der Waals surface area contributed by atoms with Crippen LogP contribution in [0.15, 0.2) is 48.5 Å². The third-order valence-corrected chi connectivity index (χ3v) is 2.60. The van der Waals surface area contributed by atoms with Gasteiger partial charge < -0.3 is 0 Å². The molecule has 2 rings (SSSR count). The molecule has 2 aromatic carbocycles. The van der Waals surface area contributed by atoms with Crippen molar-refractivity contribution in [2.75, 3.05) is 0 Å².